The van der Waals surface area contributed by atoms with Crippen LogP contribution < -0.4 is 0 Å². The van der Waals surface area contributed by atoms with Gasteiger partial charge in [0.2, 0.25) is 4.73 Å². The molecule has 0 spiro atoms. The van der Waals surface area contributed by atoms with Gasteiger partial charge in [0.15, 0.2) is 5.16 Å². The Balaban J connectivity index is 2.00. The van der Waals surface area contributed by atoms with E-state index in [4.69, 9.17) is 5.11 Å². The molecule has 0 bridgehead atoms. The number of aryl methyl sites for hydroxylation is 1. The lowest BCUT2D eigenvalue weighted by atomic mass is 10.1. The number of hydrogen-bond acceptors (Lipinski definition) is 5. The van der Waals surface area contributed by atoms with E-state index in [1.807, 2.05) is 22.8 Å². The van der Waals surface area contributed by atoms with Gasteiger partial charge in [0.05, 0.1) is 5.75 Å². The number of hydrogen-bond donors (Lipinski definition) is 1. The molecule has 0 saturated heterocycles. The number of carboxylic acids is 1. The first-order valence-electron chi connectivity index (χ1n) is 6.68. The van der Waals surface area contributed by atoms with Crippen LogP contribution in [-0.2, 0) is 4.79 Å². The van der Waals surface area contributed by atoms with Gasteiger partial charge in [0, 0.05) is 4.88 Å². The molecule has 2 aromatic heterocycles. The summed E-state index contributed by atoms with van der Waals surface area (Å²) in [5, 5.41) is 18.4. The van der Waals surface area contributed by atoms with Crippen molar-refractivity contribution in [2.75, 3.05) is 5.75 Å². The second kappa shape index (κ2) is 6.86. The molecule has 0 aliphatic rings. The summed E-state index contributed by atoms with van der Waals surface area (Å²) in [6.45, 7) is 2.06. The summed E-state index contributed by atoms with van der Waals surface area (Å²) in [4.78, 5) is 12.0. The van der Waals surface area contributed by atoms with Crippen LogP contribution in [0.15, 0.2) is 46.3 Å². The maximum atomic E-state index is 10.8. The van der Waals surface area contributed by atoms with E-state index >= 15 is 0 Å². The number of carbonyl (C=O) groups is 1. The monoisotopic (exact) mass is 409 g/mol. The van der Waals surface area contributed by atoms with Gasteiger partial charge in [-0.15, -0.1) is 21.5 Å². The first kappa shape index (κ1) is 16.2. The van der Waals surface area contributed by atoms with Crippen molar-refractivity contribution in [3.8, 4) is 15.4 Å². The van der Waals surface area contributed by atoms with Gasteiger partial charge in [-0.25, -0.2) is 0 Å². The van der Waals surface area contributed by atoms with Crippen molar-refractivity contribution >= 4 is 45.0 Å². The molecule has 0 fully saturated rings. The number of thioether (sulfide) groups is 1. The summed E-state index contributed by atoms with van der Waals surface area (Å²) >= 11 is 6.16. The Labute approximate surface area is 149 Å². The largest absolute Gasteiger partial charge is 0.481 e. The van der Waals surface area contributed by atoms with E-state index in [1.54, 1.807) is 11.3 Å². The second-order valence-electron chi connectivity index (χ2n) is 4.73. The lowest BCUT2D eigenvalue weighted by Gasteiger charge is -2.03. The van der Waals surface area contributed by atoms with Gasteiger partial charge >= 0.3 is 5.97 Å². The molecule has 0 atom stereocenters. The van der Waals surface area contributed by atoms with E-state index in [0.717, 1.165) is 27.9 Å². The zero-order chi connectivity index (χ0) is 16.4. The van der Waals surface area contributed by atoms with Crippen LogP contribution in [-0.4, -0.2) is 31.6 Å². The number of carboxylic acid groups (broad SMARTS) is 1. The van der Waals surface area contributed by atoms with Crippen molar-refractivity contribution in [2.45, 2.75) is 12.1 Å². The van der Waals surface area contributed by atoms with Gasteiger partial charge in [0.1, 0.15) is 5.00 Å². The molecule has 1 aromatic carbocycles. The van der Waals surface area contributed by atoms with Gasteiger partial charge in [-0.2, -0.15) is 0 Å². The molecule has 3 rings (SSSR count). The molecule has 23 heavy (non-hydrogen) atoms. The third-order valence-corrected chi connectivity index (χ3v) is 5.78. The molecular weight excluding hydrogens is 398 g/mol. The average Bonchev–Trinajstić information content (AvgIpc) is 3.08. The normalized spacial score (nSPS) is 10.9. The summed E-state index contributed by atoms with van der Waals surface area (Å²) in [6.07, 6.45) is 0. The van der Waals surface area contributed by atoms with Crippen molar-refractivity contribution in [1.29, 1.82) is 0 Å². The van der Waals surface area contributed by atoms with Crippen LogP contribution in [0.25, 0.3) is 15.4 Å². The number of benzene rings is 1. The van der Waals surface area contributed by atoms with Gasteiger partial charge in [-0.05, 0) is 40.0 Å². The first-order valence-corrected chi connectivity index (χ1v) is 9.27. The number of halogens is 1. The number of aromatic nitrogens is 3. The van der Waals surface area contributed by atoms with Gasteiger partial charge in [-0.1, -0.05) is 42.1 Å². The second-order valence-corrected chi connectivity index (χ2v) is 7.41. The summed E-state index contributed by atoms with van der Waals surface area (Å²) < 4.78 is 2.39. The molecule has 0 aliphatic carbocycles. The van der Waals surface area contributed by atoms with E-state index in [0.29, 0.717) is 9.89 Å². The molecule has 5 nitrogen and oxygen atoms in total. The topological polar surface area (TPSA) is 68.0 Å². The first-order chi connectivity index (χ1) is 11.1. The molecule has 0 aliphatic heterocycles. The predicted molar refractivity (Wildman–Crippen MR) is 95.5 cm³/mol. The molecule has 1 N–H and O–H groups in total. The highest BCUT2D eigenvalue weighted by molar-refractivity contribution is 9.10. The minimum Gasteiger partial charge on any atom is -0.481 e. The predicted octanol–water partition coefficient (Wildman–Crippen LogP) is 4.24. The minimum absolute atomic E-state index is 0.0545. The summed E-state index contributed by atoms with van der Waals surface area (Å²) in [6, 6.07) is 12.2. The molecule has 0 radical (unpaired) electrons. The van der Waals surface area contributed by atoms with Crippen molar-refractivity contribution in [3.05, 3.63) is 46.7 Å². The molecular formula is C15H12BrN3O2S2. The molecule has 8 heteroatoms. The Morgan fingerprint density at radius 1 is 1.35 bits per heavy atom. The maximum absolute atomic E-state index is 10.8. The van der Waals surface area contributed by atoms with Crippen molar-refractivity contribution in [3.63, 3.8) is 0 Å². The smallest absolute Gasteiger partial charge is 0.313 e. The fourth-order valence-corrected chi connectivity index (χ4v) is 4.69. The Morgan fingerprint density at radius 3 is 2.78 bits per heavy atom. The highest BCUT2D eigenvalue weighted by Gasteiger charge is 2.17. The van der Waals surface area contributed by atoms with E-state index in [-0.39, 0.29) is 5.75 Å². The quantitative estimate of drug-likeness (QED) is 0.638. The van der Waals surface area contributed by atoms with Crippen LogP contribution in [0.5, 0.6) is 0 Å². The molecule has 2 heterocycles. The van der Waals surface area contributed by atoms with Gasteiger partial charge in [0.25, 0.3) is 0 Å². The third-order valence-electron chi connectivity index (χ3n) is 3.08. The lowest BCUT2D eigenvalue weighted by molar-refractivity contribution is -0.133. The number of aliphatic carboxylic acids is 1. The molecule has 3 aromatic rings. The van der Waals surface area contributed by atoms with Crippen LogP contribution in [0.4, 0.5) is 0 Å². The molecule has 0 amide bonds. The van der Waals surface area contributed by atoms with Gasteiger partial charge in [-0.3, -0.25) is 9.36 Å². The molecule has 118 valence electrons. The van der Waals surface area contributed by atoms with Crippen molar-refractivity contribution < 1.29 is 9.90 Å². The summed E-state index contributed by atoms with van der Waals surface area (Å²) in [7, 11) is 0. The fraction of sp³-hybridized carbons (Fsp3) is 0.133. The Kier molecular flexibility index (Phi) is 4.84. The van der Waals surface area contributed by atoms with Crippen LogP contribution in [0.1, 0.15) is 5.56 Å². The van der Waals surface area contributed by atoms with Gasteiger partial charge < -0.3 is 5.11 Å². The van der Waals surface area contributed by atoms with Crippen molar-refractivity contribution in [2.24, 2.45) is 0 Å². The zero-order valence-corrected chi connectivity index (χ0v) is 15.3. The molecule has 0 saturated carbocycles. The Hall–Kier alpha value is -1.64. The van der Waals surface area contributed by atoms with E-state index in [1.165, 1.54) is 4.88 Å². The van der Waals surface area contributed by atoms with Crippen LogP contribution in [0.3, 0.4) is 0 Å². The van der Waals surface area contributed by atoms with Crippen LogP contribution >= 0.6 is 39.0 Å². The standard InChI is InChI=1S/C15H12BrN3O2S2/c1-9-7-11(23-13(9)10-5-3-2-4-6-10)19-14(16)17-18-15(19)22-8-12(20)21/h2-7H,8H2,1H3,(H,20,21). The SMILES string of the molecule is Cc1cc(-n2c(Br)nnc2SCC(=O)O)sc1-c1ccccc1. The third kappa shape index (κ3) is 3.49. The summed E-state index contributed by atoms with van der Waals surface area (Å²) in [5.41, 5.74) is 2.32. The fourth-order valence-electron chi connectivity index (χ4n) is 2.11. The highest BCUT2D eigenvalue weighted by Crippen LogP contribution is 2.37. The number of rotatable bonds is 5. The number of thiophene rings is 1. The summed E-state index contributed by atoms with van der Waals surface area (Å²) in [5.74, 6) is -0.936. The average molecular weight is 410 g/mol. The van der Waals surface area contributed by atoms with E-state index in [2.05, 4.69) is 51.3 Å². The highest BCUT2D eigenvalue weighted by atomic mass is 79.9. The number of nitrogens with zero attached hydrogens (tertiary/aromatic N) is 3. The minimum atomic E-state index is -0.881. The maximum Gasteiger partial charge on any atom is 0.313 e. The van der Waals surface area contributed by atoms with Crippen molar-refractivity contribution in [1.82, 2.24) is 14.8 Å². The zero-order valence-electron chi connectivity index (χ0n) is 12.1. The van der Waals surface area contributed by atoms with Crippen LogP contribution in [0, 0.1) is 6.92 Å². The van der Waals surface area contributed by atoms with E-state index < -0.39 is 5.97 Å². The Bertz CT molecular complexity index is 846. The Morgan fingerprint density at radius 2 is 2.09 bits per heavy atom. The van der Waals surface area contributed by atoms with E-state index in [9.17, 15) is 4.79 Å². The molecule has 0 unspecified atom stereocenters. The van der Waals surface area contributed by atoms with Crippen LogP contribution in [0.2, 0.25) is 0 Å². The lowest BCUT2D eigenvalue weighted by Crippen LogP contribution is -2.01.